The molecule has 1 fully saturated rings. The fourth-order valence-corrected chi connectivity index (χ4v) is 3.18. The minimum atomic E-state index is -0.312. The number of hydrogen-bond acceptors (Lipinski definition) is 5. The number of benzene rings is 2. The number of rotatable bonds is 5. The van der Waals surface area contributed by atoms with Gasteiger partial charge in [-0.15, -0.1) is 0 Å². The van der Waals surface area contributed by atoms with Crippen LogP contribution in [0.3, 0.4) is 0 Å². The molecule has 0 bridgehead atoms. The number of methoxy groups -OCH3 is 1. The molecule has 138 valence electrons. The van der Waals surface area contributed by atoms with Crippen molar-refractivity contribution in [3.8, 4) is 17.1 Å². The molecule has 6 nitrogen and oxygen atoms in total. The first kappa shape index (κ1) is 17.2. The average molecular weight is 367 g/mol. The van der Waals surface area contributed by atoms with Crippen LogP contribution < -0.4 is 4.74 Å². The van der Waals surface area contributed by atoms with Gasteiger partial charge >= 0.3 is 0 Å². The molecule has 2 aromatic carbocycles. The molecule has 3 aromatic rings. The third kappa shape index (κ3) is 3.53. The second-order valence-corrected chi connectivity index (χ2v) is 6.45. The van der Waals surface area contributed by atoms with Crippen molar-refractivity contribution in [2.75, 3.05) is 13.7 Å². The molecule has 1 saturated heterocycles. The van der Waals surface area contributed by atoms with E-state index in [1.165, 1.54) is 6.07 Å². The SMILES string of the molecule is COc1ccc(-c2noc(C3CC(=O)N(Cc4ccccc4F)C3)n2)cc1. The third-order valence-corrected chi connectivity index (χ3v) is 4.67. The largest absolute Gasteiger partial charge is 0.497 e. The van der Waals surface area contributed by atoms with E-state index in [4.69, 9.17) is 9.26 Å². The van der Waals surface area contributed by atoms with Gasteiger partial charge in [0, 0.05) is 30.6 Å². The normalized spacial score (nSPS) is 16.7. The summed E-state index contributed by atoms with van der Waals surface area (Å²) in [6, 6.07) is 13.8. The van der Waals surface area contributed by atoms with Crippen molar-refractivity contribution < 1.29 is 18.4 Å². The van der Waals surface area contributed by atoms with Crippen molar-refractivity contribution in [3.63, 3.8) is 0 Å². The van der Waals surface area contributed by atoms with Crippen molar-refractivity contribution in [2.24, 2.45) is 0 Å². The number of likely N-dealkylation sites (tertiary alicyclic amines) is 1. The molecule has 1 unspecified atom stereocenters. The number of carbonyl (C=O) groups is 1. The van der Waals surface area contributed by atoms with E-state index in [1.54, 1.807) is 30.2 Å². The molecule has 0 saturated carbocycles. The highest BCUT2D eigenvalue weighted by Crippen LogP contribution is 2.30. The minimum Gasteiger partial charge on any atom is -0.497 e. The summed E-state index contributed by atoms with van der Waals surface area (Å²) in [6.45, 7) is 0.666. The van der Waals surface area contributed by atoms with Crippen LogP contribution in [0.4, 0.5) is 4.39 Å². The topological polar surface area (TPSA) is 68.5 Å². The summed E-state index contributed by atoms with van der Waals surface area (Å²) >= 11 is 0. The number of nitrogens with zero attached hydrogens (tertiary/aromatic N) is 3. The van der Waals surface area contributed by atoms with Crippen LogP contribution in [0, 0.1) is 5.82 Å². The number of amides is 1. The second-order valence-electron chi connectivity index (χ2n) is 6.45. The Bertz CT molecular complexity index is 955. The molecule has 1 amide bonds. The Kier molecular flexibility index (Phi) is 4.58. The van der Waals surface area contributed by atoms with Crippen LogP contribution in [0.5, 0.6) is 5.75 Å². The Morgan fingerprint density at radius 3 is 2.74 bits per heavy atom. The number of carbonyl (C=O) groups excluding carboxylic acids is 1. The molecule has 1 aromatic heterocycles. The summed E-state index contributed by atoms with van der Waals surface area (Å²) in [6.07, 6.45) is 0.276. The molecule has 1 aliphatic heterocycles. The van der Waals surface area contributed by atoms with Crippen molar-refractivity contribution in [2.45, 2.75) is 18.9 Å². The van der Waals surface area contributed by atoms with E-state index < -0.39 is 0 Å². The first-order valence-corrected chi connectivity index (χ1v) is 8.63. The van der Waals surface area contributed by atoms with E-state index in [1.807, 2.05) is 24.3 Å². The van der Waals surface area contributed by atoms with Crippen LogP contribution in [-0.2, 0) is 11.3 Å². The summed E-state index contributed by atoms with van der Waals surface area (Å²) in [5.41, 5.74) is 1.30. The third-order valence-electron chi connectivity index (χ3n) is 4.67. The zero-order chi connectivity index (χ0) is 18.8. The number of hydrogen-bond donors (Lipinski definition) is 0. The predicted octanol–water partition coefficient (Wildman–Crippen LogP) is 3.40. The predicted molar refractivity (Wildman–Crippen MR) is 95.5 cm³/mol. The number of ether oxygens (including phenoxy) is 1. The van der Waals surface area contributed by atoms with Crippen molar-refractivity contribution >= 4 is 5.91 Å². The van der Waals surface area contributed by atoms with Gasteiger partial charge in [0.05, 0.1) is 13.0 Å². The van der Waals surface area contributed by atoms with E-state index in [9.17, 15) is 9.18 Å². The number of aromatic nitrogens is 2. The van der Waals surface area contributed by atoms with Crippen LogP contribution in [0.1, 0.15) is 23.8 Å². The summed E-state index contributed by atoms with van der Waals surface area (Å²) < 4.78 is 24.4. The summed E-state index contributed by atoms with van der Waals surface area (Å²) in [5, 5.41) is 4.02. The van der Waals surface area contributed by atoms with Gasteiger partial charge in [-0.1, -0.05) is 23.4 Å². The maximum atomic E-state index is 13.8. The lowest BCUT2D eigenvalue weighted by Crippen LogP contribution is -2.24. The van der Waals surface area contributed by atoms with E-state index >= 15 is 0 Å². The quantitative estimate of drug-likeness (QED) is 0.691. The van der Waals surface area contributed by atoms with Gasteiger partial charge in [0.25, 0.3) is 0 Å². The maximum Gasteiger partial charge on any atom is 0.232 e. The molecule has 27 heavy (non-hydrogen) atoms. The Labute approximate surface area is 155 Å². The fourth-order valence-electron chi connectivity index (χ4n) is 3.18. The lowest BCUT2D eigenvalue weighted by molar-refractivity contribution is -0.128. The van der Waals surface area contributed by atoms with Gasteiger partial charge in [-0.2, -0.15) is 4.98 Å². The average Bonchev–Trinajstić information content (AvgIpc) is 3.31. The maximum absolute atomic E-state index is 13.8. The fraction of sp³-hybridized carbons (Fsp3) is 0.250. The lowest BCUT2D eigenvalue weighted by atomic mass is 10.1. The highest BCUT2D eigenvalue weighted by Gasteiger charge is 2.34. The lowest BCUT2D eigenvalue weighted by Gasteiger charge is -2.16. The summed E-state index contributed by atoms with van der Waals surface area (Å²) in [4.78, 5) is 18.4. The van der Waals surface area contributed by atoms with Crippen molar-refractivity contribution in [3.05, 3.63) is 65.8 Å². The molecule has 0 aliphatic carbocycles. The van der Waals surface area contributed by atoms with Crippen LogP contribution in [0.25, 0.3) is 11.4 Å². The minimum absolute atomic E-state index is 0.0487. The van der Waals surface area contributed by atoms with Gasteiger partial charge in [-0.05, 0) is 30.3 Å². The second kappa shape index (κ2) is 7.19. The summed E-state index contributed by atoms with van der Waals surface area (Å²) in [5.74, 6) is 1.08. The van der Waals surface area contributed by atoms with Crippen LogP contribution in [0.2, 0.25) is 0 Å². The highest BCUT2D eigenvalue weighted by molar-refractivity contribution is 5.79. The monoisotopic (exact) mass is 367 g/mol. The van der Waals surface area contributed by atoms with Crippen molar-refractivity contribution in [1.82, 2.24) is 15.0 Å². The Hall–Kier alpha value is -3.22. The standard InChI is InChI=1S/C20H18FN3O3/c1-26-16-8-6-13(7-9-16)19-22-20(27-23-19)15-10-18(25)24(12-15)11-14-4-2-3-5-17(14)21/h2-9,15H,10-12H2,1H3. The molecular weight excluding hydrogens is 349 g/mol. The van der Waals surface area contributed by atoms with E-state index in [2.05, 4.69) is 10.1 Å². The van der Waals surface area contributed by atoms with Gasteiger partial charge in [-0.25, -0.2) is 4.39 Å². The van der Waals surface area contributed by atoms with Crippen LogP contribution in [0.15, 0.2) is 53.1 Å². The Morgan fingerprint density at radius 2 is 2.00 bits per heavy atom. The Balaban J connectivity index is 1.47. The first-order valence-electron chi connectivity index (χ1n) is 8.63. The first-order chi connectivity index (χ1) is 13.1. The molecule has 4 rings (SSSR count). The molecule has 7 heteroatoms. The molecular formula is C20H18FN3O3. The smallest absolute Gasteiger partial charge is 0.232 e. The van der Waals surface area contributed by atoms with Gasteiger partial charge in [-0.3, -0.25) is 4.79 Å². The van der Waals surface area contributed by atoms with E-state index in [0.29, 0.717) is 23.8 Å². The molecule has 0 radical (unpaired) electrons. The van der Waals surface area contributed by atoms with Crippen molar-refractivity contribution in [1.29, 1.82) is 0 Å². The van der Waals surface area contributed by atoms with E-state index in [0.717, 1.165) is 11.3 Å². The highest BCUT2D eigenvalue weighted by atomic mass is 19.1. The molecule has 0 spiro atoms. The van der Waals surface area contributed by atoms with Crippen LogP contribution >= 0.6 is 0 Å². The zero-order valence-corrected chi connectivity index (χ0v) is 14.8. The molecule has 2 heterocycles. The van der Waals surface area contributed by atoms with E-state index in [-0.39, 0.29) is 30.6 Å². The molecule has 1 aliphatic rings. The molecule has 1 atom stereocenters. The van der Waals surface area contributed by atoms with Crippen LogP contribution in [-0.4, -0.2) is 34.6 Å². The van der Waals surface area contributed by atoms with Gasteiger partial charge in [0.1, 0.15) is 11.6 Å². The number of halogens is 1. The molecule has 0 N–H and O–H groups in total. The van der Waals surface area contributed by atoms with Gasteiger partial charge in [0.15, 0.2) is 0 Å². The Morgan fingerprint density at radius 1 is 1.22 bits per heavy atom. The zero-order valence-electron chi connectivity index (χ0n) is 14.8. The summed E-state index contributed by atoms with van der Waals surface area (Å²) in [7, 11) is 1.60. The van der Waals surface area contributed by atoms with Gasteiger partial charge < -0.3 is 14.2 Å². The van der Waals surface area contributed by atoms with Gasteiger partial charge in [0.2, 0.25) is 17.6 Å².